The van der Waals surface area contributed by atoms with E-state index in [0.29, 0.717) is 16.8 Å². The number of nitrogens with zero attached hydrogens (tertiary/aromatic N) is 1. The van der Waals surface area contributed by atoms with Gasteiger partial charge in [-0.1, -0.05) is 42.0 Å². The van der Waals surface area contributed by atoms with Crippen molar-refractivity contribution in [2.75, 3.05) is 0 Å². The standard InChI is InChI=1S/C18H17NO2S/c1-3-6-15-13-19(18-8-5-4-7-17(15)18)22(20,21)16-11-9-14(2)10-12-16/h3-5,7-13H,1,6H2,2H3. The van der Waals surface area contributed by atoms with Crippen LogP contribution in [0.3, 0.4) is 0 Å². The Morgan fingerprint density at radius 1 is 1.09 bits per heavy atom. The monoisotopic (exact) mass is 311 g/mol. The highest BCUT2D eigenvalue weighted by Gasteiger charge is 2.20. The topological polar surface area (TPSA) is 39.1 Å². The van der Waals surface area contributed by atoms with Crippen molar-refractivity contribution in [1.29, 1.82) is 0 Å². The van der Waals surface area contributed by atoms with Gasteiger partial charge < -0.3 is 0 Å². The van der Waals surface area contributed by atoms with Gasteiger partial charge in [0.2, 0.25) is 0 Å². The molecule has 0 spiro atoms. The zero-order valence-electron chi connectivity index (χ0n) is 12.4. The maximum Gasteiger partial charge on any atom is 0.268 e. The first-order valence-corrected chi connectivity index (χ1v) is 8.50. The molecule has 112 valence electrons. The molecule has 0 aliphatic rings. The number of fused-ring (bicyclic) bond motifs is 1. The van der Waals surface area contributed by atoms with Crippen LogP contribution in [-0.2, 0) is 16.4 Å². The molecule has 0 radical (unpaired) electrons. The Hall–Kier alpha value is -2.33. The van der Waals surface area contributed by atoms with Gasteiger partial charge in [-0.2, -0.15) is 0 Å². The summed E-state index contributed by atoms with van der Waals surface area (Å²) in [6.07, 6.45) is 4.11. The van der Waals surface area contributed by atoms with Crippen LogP contribution in [-0.4, -0.2) is 12.4 Å². The second kappa shape index (κ2) is 5.46. The van der Waals surface area contributed by atoms with Crippen LogP contribution in [0.5, 0.6) is 0 Å². The Labute approximate surface area is 130 Å². The molecular formula is C18H17NO2S. The molecule has 3 nitrogen and oxygen atoms in total. The lowest BCUT2D eigenvalue weighted by Gasteiger charge is -2.07. The lowest BCUT2D eigenvalue weighted by Crippen LogP contribution is -2.11. The predicted molar refractivity (Wildman–Crippen MR) is 89.6 cm³/mol. The third kappa shape index (κ3) is 2.35. The first-order chi connectivity index (χ1) is 10.5. The molecule has 0 aliphatic carbocycles. The number of benzene rings is 2. The van der Waals surface area contributed by atoms with Crippen molar-refractivity contribution in [3.63, 3.8) is 0 Å². The largest absolute Gasteiger partial charge is 0.268 e. The molecule has 0 fully saturated rings. The molecule has 4 heteroatoms. The fraction of sp³-hybridized carbons (Fsp3) is 0.111. The molecule has 0 amide bonds. The van der Waals surface area contributed by atoms with Gasteiger partial charge in [0.15, 0.2) is 0 Å². The van der Waals surface area contributed by atoms with E-state index < -0.39 is 10.0 Å². The van der Waals surface area contributed by atoms with Crippen LogP contribution in [0, 0.1) is 6.92 Å². The van der Waals surface area contributed by atoms with Gasteiger partial charge in [-0.05, 0) is 37.1 Å². The Morgan fingerprint density at radius 3 is 2.45 bits per heavy atom. The van der Waals surface area contributed by atoms with Gasteiger partial charge in [-0.3, -0.25) is 0 Å². The molecule has 2 aromatic carbocycles. The Bertz CT molecular complexity index is 935. The zero-order chi connectivity index (χ0) is 15.7. The highest BCUT2D eigenvalue weighted by atomic mass is 32.2. The molecule has 0 unspecified atom stereocenters. The molecule has 0 N–H and O–H groups in total. The number of hydrogen-bond donors (Lipinski definition) is 0. The van der Waals surface area contributed by atoms with Gasteiger partial charge in [0.1, 0.15) is 0 Å². The summed E-state index contributed by atoms with van der Waals surface area (Å²) >= 11 is 0. The summed E-state index contributed by atoms with van der Waals surface area (Å²) < 4.78 is 27.2. The lowest BCUT2D eigenvalue weighted by molar-refractivity contribution is 0.589. The number of aromatic nitrogens is 1. The van der Waals surface area contributed by atoms with E-state index >= 15 is 0 Å². The van der Waals surface area contributed by atoms with Crippen molar-refractivity contribution < 1.29 is 8.42 Å². The summed E-state index contributed by atoms with van der Waals surface area (Å²) in [7, 11) is -3.60. The van der Waals surface area contributed by atoms with E-state index in [0.717, 1.165) is 16.5 Å². The molecule has 22 heavy (non-hydrogen) atoms. The quantitative estimate of drug-likeness (QED) is 0.685. The summed E-state index contributed by atoms with van der Waals surface area (Å²) in [6.45, 7) is 5.68. The number of rotatable bonds is 4. The fourth-order valence-electron chi connectivity index (χ4n) is 2.56. The molecule has 1 heterocycles. The highest BCUT2D eigenvalue weighted by molar-refractivity contribution is 7.90. The number of hydrogen-bond acceptors (Lipinski definition) is 2. The fourth-order valence-corrected chi connectivity index (χ4v) is 3.95. The van der Waals surface area contributed by atoms with Crippen LogP contribution >= 0.6 is 0 Å². The smallest absolute Gasteiger partial charge is 0.241 e. The molecule has 3 rings (SSSR count). The average Bonchev–Trinajstić information content (AvgIpc) is 2.88. The van der Waals surface area contributed by atoms with E-state index in [-0.39, 0.29) is 0 Å². The minimum Gasteiger partial charge on any atom is -0.241 e. The maximum atomic E-state index is 12.9. The van der Waals surface area contributed by atoms with Gasteiger partial charge in [0, 0.05) is 11.6 Å². The molecule has 0 atom stereocenters. The second-order valence-corrected chi connectivity index (χ2v) is 7.09. The molecule has 0 saturated heterocycles. The third-order valence-electron chi connectivity index (χ3n) is 3.70. The Kier molecular flexibility index (Phi) is 3.62. The molecule has 0 aliphatic heterocycles. The van der Waals surface area contributed by atoms with Crippen molar-refractivity contribution in [2.24, 2.45) is 0 Å². The average molecular weight is 311 g/mol. The van der Waals surface area contributed by atoms with Gasteiger partial charge >= 0.3 is 0 Å². The van der Waals surface area contributed by atoms with Crippen LogP contribution < -0.4 is 0 Å². The van der Waals surface area contributed by atoms with Crippen molar-refractivity contribution >= 4 is 20.9 Å². The first kappa shape index (κ1) is 14.6. The summed E-state index contributed by atoms with van der Waals surface area (Å²) in [5.41, 5.74) is 2.69. The van der Waals surface area contributed by atoms with Crippen molar-refractivity contribution in [2.45, 2.75) is 18.2 Å². The number of para-hydroxylation sites is 1. The maximum absolute atomic E-state index is 12.9. The van der Waals surface area contributed by atoms with Gasteiger partial charge in [-0.25, -0.2) is 12.4 Å². The minimum atomic E-state index is -3.60. The molecule has 0 saturated carbocycles. The normalized spacial score (nSPS) is 11.7. The van der Waals surface area contributed by atoms with Crippen LogP contribution in [0.2, 0.25) is 0 Å². The number of allylic oxidation sites excluding steroid dienone is 1. The van der Waals surface area contributed by atoms with Crippen molar-refractivity contribution in [3.8, 4) is 0 Å². The molecule has 3 aromatic rings. The summed E-state index contributed by atoms with van der Waals surface area (Å²) in [5, 5.41) is 0.943. The van der Waals surface area contributed by atoms with Crippen LogP contribution in [0.25, 0.3) is 10.9 Å². The third-order valence-corrected chi connectivity index (χ3v) is 5.39. The zero-order valence-corrected chi connectivity index (χ0v) is 13.2. The molecule has 1 aromatic heterocycles. The van der Waals surface area contributed by atoms with E-state index in [4.69, 9.17) is 0 Å². The van der Waals surface area contributed by atoms with Gasteiger partial charge in [0.05, 0.1) is 10.4 Å². The summed E-state index contributed by atoms with van der Waals surface area (Å²) in [4.78, 5) is 0.295. The van der Waals surface area contributed by atoms with E-state index in [1.807, 2.05) is 43.3 Å². The summed E-state index contributed by atoms with van der Waals surface area (Å²) in [5.74, 6) is 0. The van der Waals surface area contributed by atoms with Crippen LogP contribution in [0.4, 0.5) is 0 Å². The Morgan fingerprint density at radius 2 is 1.77 bits per heavy atom. The predicted octanol–water partition coefficient (Wildman–Crippen LogP) is 3.92. The first-order valence-electron chi connectivity index (χ1n) is 7.06. The summed E-state index contributed by atoms with van der Waals surface area (Å²) in [6, 6.07) is 14.4. The lowest BCUT2D eigenvalue weighted by atomic mass is 10.1. The number of aryl methyl sites for hydroxylation is 1. The van der Waals surface area contributed by atoms with E-state index in [2.05, 4.69) is 6.58 Å². The molecule has 0 bridgehead atoms. The van der Waals surface area contributed by atoms with E-state index in [1.54, 1.807) is 24.4 Å². The van der Waals surface area contributed by atoms with Crippen molar-refractivity contribution in [1.82, 2.24) is 3.97 Å². The SMILES string of the molecule is C=CCc1cn(S(=O)(=O)c2ccc(C)cc2)c2ccccc12. The van der Waals surface area contributed by atoms with E-state index in [9.17, 15) is 8.42 Å². The second-order valence-electron chi connectivity index (χ2n) is 5.28. The van der Waals surface area contributed by atoms with Gasteiger partial charge in [-0.15, -0.1) is 6.58 Å². The van der Waals surface area contributed by atoms with Gasteiger partial charge in [0.25, 0.3) is 10.0 Å². The van der Waals surface area contributed by atoms with Crippen molar-refractivity contribution in [3.05, 3.63) is 78.5 Å². The highest BCUT2D eigenvalue weighted by Crippen LogP contribution is 2.26. The minimum absolute atomic E-state index is 0.295. The van der Waals surface area contributed by atoms with Crippen LogP contribution in [0.15, 0.2) is 72.3 Å². The van der Waals surface area contributed by atoms with E-state index in [1.165, 1.54) is 3.97 Å². The Balaban J connectivity index is 2.25. The molecular weight excluding hydrogens is 294 g/mol. The van der Waals surface area contributed by atoms with Crippen LogP contribution in [0.1, 0.15) is 11.1 Å².